The maximum atomic E-state index is 13.6. The number of pyridine rings is 1. The molecule has 3 heterocycles. The highest BCUT2D eigenvalue weighted by molar-refractivity contribution is 7.84. The van der Waals surface area contributed by atoms with Gasteiger partial charge >= 0.3 is 0 Å². The minimum absolute atomic E-state index is 0.102. The molecule has 0 saturated heterocycles. The number of rotatable bonds is 4. The summed E-state index contributed by atoms with van der Waals surface area (Å²) in [7, 11) is 0.860. The van der Waals surface area contributed by atoms with Crippen LogP contribution in [0.25, 0.3) is 0 Å². The minimum Gasteiger partial charge on any atom is -0.345 e. The van der Waals surface area contributed by atoms with E-state index < -0.39 is 22.7 Å². The summed E-state index contributed by atoms with van der Waals surface area (Å²) in [4.78, 5) is 17.2. The minimum atomic E-state index is -0.904. The van der Waals surface area contributed by atoms with Crippen LogP contribution in [0.4, 0.5) is 10.1 Å². The van der Waals surface area contributed by atoms with Gasteiger partial charge in [-0.05, 0) is 47.7 Å². The lowest BCUT2D eigenvalue weighted by Gasteiger charge is -2.18. The predicted octanol–water partition coefficient (Wildman–Crippen LogP) is 3.29. The molecule has 1 aliphatic rings. The van der Waals surface area contributed by atoms with Crippen molar-refractivity contribution < 1.29 is 9.18 Å². The van der Waals surface area contributed by atoms with Gasteiger partial charge < -0.3 is 9.88 Å². The summed E-state index contributed by atoms with van der Waals surface area (Å²) in [6.07, 6.45) is 4.34. The molecule has 2 aromatic heterocycles. The number of amides is 1. The Kier molecular flexibility index (Phi) is 5.91. The van der Waals surface area contributed by atoms with E-state index in [-0.39, 0.29) is 17.4 Å². The van der Waals surface area contributed by atoms with E-state index >= 15 is 0 Å². The molecule has 3 N–H and O–H groups in total. The topological polar surface area (TPSA) is 107 Å². The molecule has 0 saturated carbocycles. The maximum absolute atomic E-state index is 13.6. The van der Waals surface area contributed by atoms with Crippen LogP contribution in [-0.2, 0) is 24.3 Å². The van der Waals surface area contributed by atoms with Crippen molar-refractivity contribution in [2.45, 2.75) is 44.0 Å². The molecule has 148 valence electrons. The molecule has 0 bridgehead atoms. The maximum Gasteiger partial charge on any atom is 0.272 e. The van der Waals surface area contributed by atoms with Gasteiger partial charge in [0.1, 0.15) is 17.5 Å². The number of anilines is 1. The third kappa shape index (κ3) is 4.29. The zero-order valence-corrected chi connectivity index (χ0v) is 16.9. The van der Waals surface area contributed by atoms with Gasteiger partial charge in [0, 0.05) is 31.0 Å². The van der Waals surface area contributed by atoms with Crippen molar-refractivity contribution in [2.75, 3.05) is 5.32 Å². The lowest BCUT2D eigenvalue weighted by Crippen LogP contribution is -2.30. The number of nitrogens with one attached hydrogen (secondary N) is 3. The number of carbonyl (C=O) groups is 1. The van der Waals surface area contributed by atoms with E-state index in [1.165, 1.54) is 6.07 Å². The van der Waals surface area contributed by atoms with Crippen molar-refractivity contribution in [1.29, 1.82) is 10.0 Å². The van der Waals surface area contributed by atoms with Gasteiger partial charge in [-0.1, -0.05) is 13.8 Å². The molecule has 3 rings (SSSR count). The van der Waals surface area contributed by atoms with Crippen LogP contribution in [0.15, 0.2) is 23.2 Å². The predicted molar refractivity (Wildman–Crippen MR) is 105 cm³/mol. The Hall–Kier alpha value is -2.57. The lowest BCUT2D eigenvalue weighted by molar-refractivity contribution is 0.101. The lowest BCUT2D eigenvalue weighted by atomic mass is 9.98. The summed E-state index contributed by atoms with van der Waals surface area (Å²) in [5, 5.41) is 11.6. The Morgan fingerprint density at radius 3 is 3.00 bits per heavy atom. The second-order valence-electron chi connectivity index (χ2n) is 7.35. The average molecular weight is 402 g/mol. The van der Waals surface area contributed by atoms with Crippen molar-refractivity contribution in [1.82, 2.24) is 14.3 Å². The van der Waals surface area contributed by atoms with Gasteiger partial charge in [-0.25, -0.2) is 9.71 Å². The Balaban J connectivity index is 1.89. The summed E-state index contributed by atoms with van der Waals surface area (Å²) < 4.78 is 27.1. The third-order valence-electron chi connectivity index (χ3n) is 4.63. The van der Waals surface area contributed by atoms with Crippen LogP contribution >= 0.6 is 0 Å². The molecule has 1 amide bonds. The molecule has 1 aliphatic heterocycles. The first kappa shape index (κ1) is 20.2. The standard InChI is InChI=1S/C19H23FN6OS/c1-11(2)6-12-4-5-15-16(28(22)25-12)10-26(3)18(15)19(27)24-13-7-14(9-21)23-17(20)8-13/h7-8,10-12H,4-6H2,1-3H3,(H2,22,25)(H,23,24,27). The van der Waals surface area contributed by atoms with E-state index in [1.807, 2.05) is 6.20 Å². The van der Waals surface area contributed by atoms with E-state index in [9.17, 15) is 9.18 Å². The fourth-order valence-electron chi connectivity index (χ4n) is 3.52. The molecule has 2 unspecified atom stereocenters. The van der Waals surface area contributed by atoms with E-state index in [0.717, 1.165) is 29.4 Å². The van der Waals surface area contributed by atoms with Gasteiger partial charge in [-0.3, -0.25) is 9.57 Å². The molecule has 2 aromatic rings. The molecule has 0 radical (unpaired) electrons. The number of carbonyl (C=O) groups excluding carboxylic acids is 1. The van der Waals surface area contributed by atoms with Gasteiger partial charge in [-0.15, -0.1) is 0 Å². The zero-order valence-electron chi connectivity index (χ0n) is 16.0. The number of nitrogens with zero attached hydrogens (tertiary/aromatic N) is 3. The Bertz CT molecular complexity index is 978. The van der Waals surface area contributed by atoms with Crippen molar-refractivity contribution in [3.05, 3.63) is 41.2 Å². The van der Waals surface area contributed by atoms with E-state index in [1.54, 1.807) is 17.7 Å². The zero-order chi connectivity index (χ0) is 20.4. The van der Waals surface area contributed by atoms with Crippen molar-refractivity contribution in [3.63, 3.8) is 0 Å². The van der Waals surface area contributed by atoms with Crippen LogP contribution in [-0.4, -0.2) is 21.5 Å². The smallest absolute Gasteiger partial charge is 0.272 e. The van der Waals surface area contributed by atoms with Gasteiger partial charge in [0.05, 0.1) is 4.90 Å². The van der Waals surface area contributed by atoms with Gasteiger partial charge in [-0.2, -0.15) is 9.65 Å². The fourth-order valence-corrected chi connectivity index (χ4v) is 4.90. The monoisotopic (exact) mass is 402 g/mol. The number of nitriles is 1. The molecular weight excluding hydrogens is 379 g/mol. The van der Waals surface area contributed by atoms with Crippen LogP contribution in [0.1, 0.15) is 48.4 Å². The third-order valence-corrected chi connectivity index (χ3v) is 5.99. The molecule has 7 nitrogen and oxygen atoms in total. The molecular formula is C19H23FN6OS. The quantitative estimate of drug-likeness (QED) is 0.682. The van der Waals surface area contributed by atoms with Gasteiger partial charge in [0.25, 0.3) is 5.91 Å². The Morgan fingerprint density at radius 2 is 2.32 bits per heavy atom. The molecule has 0 aliphatic carbocycles. The van der Waals surface area contributed by atoms with E-state index in [4.69, 9.17) is 10.0 Å². The first-order chi connectivity index (χ1) is 13.3. The number of hydrogen-bond acceptors (Lipinski definition) is 4. The summed E-state index contributed by atoms with van der Waals surface area (Å²) in [6, 6.07) is 4.42. The molecule has 2 atom stereocenters. The second kappa shape index (κ2) is 8.20. The summed E-state index contributed by atoms with van der Waals surface area (Å²) in [5.41, 5.74) is 1.39. The van der Waals surface area contributed by atoms with Crippen LogP contribution in [0.2, 0.25) is 0 Å². The Labute approximate surface area is 166 Å². The van der Waals surface area contributed by atoms with Gasteiger partial charge in [0.2, 0.25) is 5.95 Å². The second-order valence-corrected chi connectivity index (χ2v) is 8.64. The van der Waals surface area contributed by atoms with Crippen LogP contribution < -0.4 is 10.0 Å². The normalized spacial score (nSPS) is 19.0. The molecule has 0 aromatic carbocycles. The van der Waals surface area contributed by atoms with Gasteiger partial charge in [0.15, 0.2) is 0 Å². The number of aryl methyl sites for hydroxylation is 1. The number of fused-ring (bicyclic) bond motifs is 1. The van der Waals surface area contributed by atoms with E-state index in [0.29, 0.717) is 18.0 Å². The first-order valence-corrected chi connectivity index (χ1v) is 10.3. The summed E-state index contributed by atoms with van der Waals surface area (Å²) >= 11 is 0. The van der Waals surface area contributed by atoms with Crippen molar-refractivity contribution >= 4 is 22.5 Å². The van der Waals surface area contributed by atoms with Crippen molar-refractivity contribution in [3.8, 4) is 6.07 Å². The molecule has 0 fully saturated rings. The fraction of sp³-hybridized carbons (Fsp3) is 0.421. The highest BCUT2D eigenvalue weighted by Crippen LogP contribution is 2.28. The largest absolute Gasteiger partial charge is 0.345 e. The molecule has 9 heteroatoms. The first-order valence-electron chi connectivity index (χ1n) is 9.07. The average Bonchev–Trinajstić information content (AvgIpc) is 2.87. The summed E-state index contributed by atoms with van der Waals surface area (Å²) in [6.45, 7) is 4.31. The molecule has 28 heavy (non-hydrogen) atoms. The number of halogens is 1. The summed E-state index contributed by atoms with van der Waals surface area (Å²) in [5.74, 6) is -0.692. The molecule has 0 spiro atoms. The highest BCUT2D eigenvalue weighted by Gasteiger charge is 2.27. The number of aromatic nitrogens is 2. The number of hydrogen-bond donors (Lipinski definition) is 3. The van der Waals surface area contributed by atoms with Crippen LogP contribution in [0.3, 0.4) is 0 Å². The van der Waals surface area contributed by atoms with Crippen LogP contribution in [0.5, 0.6) is 0 Å². The Morgan fingerprint density at radius 1 is 1.57 bits per heavy atom. The van der Waals surface area contributed by atoms with Crippen molar-refractivity contribution in [2.24, 2.45) is 13.0 Å². The SMILES string of the molecule is CC(C)CC1CCc2c(cn(C)c2C(=O)Nc2cc(F)nc(C#N)c2)S(=N)N1. The van der Waals surface area contributed by atoms with Crippen LogP contribution in [0, 0.1) is 28.0 Å². The van der Waals surface area contributed by atoms with E-state index in [2.05, 4.69) is 28.9 Å². The highest BCUT2D eigenvalue weighted by atomic mass is 32.2.